The normalized spacial score (nSPS) is 19.0. The maximum absolute atomic E-state index is 12.8. The zero-order valence-corrected chi connectivity index (χ0v) is 16.4. The Morgan fingerprint density at radius 3 is 2.54 bits per heavy atom. The third-order valence-corrected chi connectivity index (χ3v) is 6.02. The topological polar surface area (TPSA) is 78.8 Å². The van der Waals surface area contributed by atoms with Crippen LogP contribution in [0.1, 0.15) is 41.1 Å². The number of aromatic nitrogens is 4. The van der Waals surface area contributed by atoms with Crippen molar-refractivity contribution in [3.05, 3.63) is 23.1 Å². The van der Waals surface area contributed by atoms with Crippen LogP contribution in [0.15, 0.2) is 6.07 Å². The van der Waals surface area contributed by atoms with Gasteiger partial charge in [-0.15, -0.1) is 12.4 Å². The molecule has 2 aromatic rings. The first-order valence-corrected chi connectivity index (χ1v) is 9.05. The number of halogens is 1. The van der Waals surface area contributed by atoms with Gasteiger partial charge < -0.3 is 10.2 Å². The monoisotopic (exact) mass is 378 g/mol. The van der Waals surface area contributed by atoms with E-state index >= 15 is 0 Å². The summed E-state index contributed by atoms with van der Waals surface area (Å²) in [4.78, 5) is 14.8. The molecule has 2 saturated heterocycles. The Kier molecular flexibility index (Phi) is 5.12. The van der Waals surface area contributed by atoms with Crippen molar-refractivity contribution in [3.8, 4) is 11.3 Å². The number of aromatic amines is 1. The van der Waals surface area contributed by atoms with Crippen molar-refractivity contribution in [3.63, 3.8) is 0 Å². The fraction of sp³-hybridized carbons (Fsp3) is 0.611. The third kappa shape index (κ3) is 3.14. The van der Waals surface area contributed by atoms with Crippen LogP contribution < -0.4 is 5.32 Å². The highest BCUT2D eigenvalue weighted by Crippen LogP contribution is 2.37. The Morgan fingerprint density at radius 1 is 1.23 bits per heavy atom. The van der Waals surface area contributed by atoms with Gasteiger partial charge in [-0.3, -0.25) is 14.6 Å². The summed E-state index contributed by atoms with van der Waals surface area (Å²) < 4.78 is 1.85. The molecule has 1 spiro atoms. The van der Waals surface area contributed by atoms with E-state index in [4.69, 9.17) is 0 Å². The van der Waals surface area contributed by atoms with Gasteiger partial charge in [0, 0.05) is 37.9 Å². The standard InChI is InChI=1S/C18H26N6O.ClH/c1-12-16(13(2)23(3)22-12)14-10-15(21-20-14)17(25)24-8-5-18(6-9-24)4-7-19-11-18;/h10,19H,4-9,11H2,1-3H3,(H,20,21);1H. The summed E-state index contributed by atoms with van der Waals surface area (Å²) in [5, 5.41) is 15.2. The molecule has 2 aliphatic heterocycles. The summed E-state index contributed by atoms with van der Waals surface area (Å²) in [6.07, 6.45) is 3.42. The smallest absolute Gasteiger partial charge is 0.271 e. The second-order valence-corrected chi connectivity index (χ2v) is 7.56. The molecular formula is C18H27ClN6O. The molecule has 0 radical (unpaired) electrons. The summed E-state index contributed by atoms with van der Waals surface area (Å²) in [6.45, 7) is 7.87. The van der Waals surface area contributed by atoms with Crippen LogP contribution >= 0.6 is 12.4 Å². The van der Waals surface area contributed by atoms with Gasteiger partial charge in [0.25, 0.3) is 5.91 Å². The number of aryl methyl sites for hydroxylation is 2. The average Bonchev–Trinajstić information content (AvgIpc) is 3.30. The number of carbonyl (C=O) groups is 1. The Bertz CT molecular complexity index is 795. The van der Waals surface area contributed by atoms with E-state index < -0.39 is 0 Å². The van der Waals surface area contributed by atoms with Gasteiger partial charge in [0.1, 0.15) is 5.69 Å². The van der Waals surface area contributed by atoms with E-state index in [1.165, 1.54) is 6.42 Å². The second kappa shape index (κ2) is 7.04. The molecule has 2 aromatic heterocycles. The molecule has 0 saturated carbocycles. The van der Waals surface area contributed by atoms with Crippen LogP contribution in [-0.2, 0) is 7.05 Å². The first kappa shape index (κ1) is 18.9. The Labute approximate surface area is 159 Å². The third-order valence-electron chi connectivity index (χ3n) is 6.02. The van der Waals surface area contributed by atoms with E-state index in [-0.39, 0.29) is 18.3 Å². The lowest BCUT2D eigenvalue weighted by Gasteiger charge is -2.38. The van der Waals surface area contributed by atoms with Crippen molar-refractivity contribution in [2.75, 3.05) is 26.2 Å². The maximum Gasteiger partial charge on any atom is 0.271 e. The van der Waals surface area contributed by atoms with Gasteiger partial charge >= 0.3 is 0 Å². The van der Waals surface area contributed by atoms with Crippen molar-refractivity contribution < 1.29 is 4.79 Å². The molecule has 0 atom stereocenters. The predicted molar refractivity (Wildman–Crippen MR) is 103 cm³/mol. The Hall–Kier alpha value is -1.86. The zero-order chi connectivity index (χ0) is 17.6. The highest BCUT2D eigenvalue weighted by atomic mass is 35.5. The number of likely N-dealkylation sites (tertiary alicyclic amines) is 1. The first-order valence-electron chi connectivity index (χ1n) is 9.05. The van der Waals surface area contributed by atoms with E-state index in [9.17, 15) is 4.79 Å². The molecule has 26 heavy (non-hydrogen) atoms. The van der Waals surface area contributed by atoms with Crippen LogP contribution in [0, 0.1) is 19.3 Å². The van der Waals surface area contributed by atoms with Crippen LogP contribution in [0.3, 0.4) is 0 Å². The molecule has 0 aliphatic carbocycles. The van der Waals surface area contributed by atoms with Crippen molar-refractivity contribution in [2.45, 2.75) is 33.1 Å². The van der Waals surface area contributed by atoms with Gasteiger partial charge in [-0.1, -0.05) is 0 Å². The van der Waals surface area contributed by atoms with Gasteiger partial charge in [-0.2, -0.15) is 10.2 Å². The minimum atomic E-state index is 0. The fourth-order valence-corrected chi connectivity index (χ4v) is 4.28. The molecule has 0 bridgehead atoms. The summed E-state index contributed by atoms with van der Waals surface area (Å²) in [7, 11) is 1.92. The Balaban J connectivity index is 0.00000196. The number of hydrogen-bond donors (Lipinski definition) is 2. The van der Waals surface area contributed by atoms with E-state index in [0.29, 0.717) is 11.1 Å². The number of rotatable bonds is 2. The molecule has 1 amide bonds. The number of nitrogens with one attached hydrogen (secondary N) is 2. The van der Waals surface area contributed by atoms with E-state index in [2.05, 4.69) is 20.6 Å². The van der Waals surface area contributed by atoms with Gasteiger partial charge in [-0.25, -0.2) is 0 Å². The molecule has 2 fully saturated rings. The lowest BCUT2D eigenvalue weighted by atomic mass is 9.78. The van der Waals surface area contributed by atoms with E-state index in [1.54, 1.807) is 0 Å². The summed E-state index contributed by atoms with van der Waals surface area (Å²) in [5.74, 6) is 0.0544. The molecule has 8 heteroatoms. The largest absolute Gasteiger partial charge is 0.337 e. The molecule has 2 N–H and O–H groups in total. The Morgan fingerprint density at radius 2 is 1.96 bits per heavy atom. The number of nitrogens with zero attached hydrogens (tertiary/aromatic N) is 4. The van der Waals surface area contributed by atoms with Gasteiger partial charge in [-0.05, 0) is 51.1 Å². The molecule has 4 rings (SSSR count). The van der Waals surface area contributed by atoms with E-state index in [0.717, 1.165) is 61.7 Å². The van der Waals surface area contributed by atoms with Crippen LogP contribution in [0.4, 0.5) is 0 Å². The predicted octanol–water partition coefficient (Wildman–Crippen LogP) is 2.06. The number of hydrogen-bond acceptors (Lipinski definition) is 4. The SMILES string of the molecule is Cc1nn(C)c(C)c1-c1cc(C(=O)N2CCC3(CCNC3)CC2)[nH]n1.Cl. The maximum atomic E-state index is 12.8. The zero-order valence-electron chi connectivity index (χ0n) is 15.6. The van der Waals surface area contributed by atoms with Crippen molar-refractivity contribution in [1.82, 2.24) is 30.2 Å². The fourth-order valence-electron chi connectivity index (χ4n) is 4.28. The number of piperidine rings is 1. The van der Waals surface area contributed by atoms with Gasteiger partial charge in [0.05, 0.1) is 11.4 Å². The van der Waals surface area contributed by atoms with Crippen LogP contribution in [-0.4, -0.2) is 57.0 Å². The minimum absolute atomic E-state index is 0. The lowest BCUT2D eigenvalue weighted by molar-refractivity contribution is 0.0602. The molecule has 7 nitrogen and oxygen atoms in total. The molecule has 4 heterocycles. The lowest BCUT2D eigenvalue weighted by Crippen LogP contribution is -2.44. The molecular weight excluding hydrogens is 352 g/mol. The van der Waals surface area contributed by atoms with Crippen molar-refractivity contribution in [2.24, 2.45) is 12.5 Å². The molecule has 0 unspecified atom stereocenters. The number of carbonyl (C=O) groups excluding carboxylic acids is 1. The van der Waals surface area contributed by atoms with Gasteiger partial charge in [0.2, 0.25) is 0 Å². The van der Waals surface area contributed by atoms with Gasteiger partial charge in [0.15, 0.2) is 0 Å². The van der Waals surface area contributed by atoms with Crippen LogP contribution in [0.2, 0.25) is 0 Å². The minimum Gasteiger partial charge on any atom is -0.337 e. The van der Waals surface area contributed by atoms with Crippen molar-refractivity contribution in [1.29, 1.82) is 0 Å². The highest BCUT2D eigenvalue weighted by Gasteiger charge is 2.38. The first-order chi connectivity index (χ1) is 12.0. The molecule has 2 aliphatic rings. The number of H-pyrrole nitrogens is 1. The summed E-state index contributed by atoms with van der Waals surface area (Å²) in [5.41, 5.74) is 4.76. The second-order valence-electron chi connectivity index (χ2n) is 7.56. The van der Waals surface area contributed by atoms with Crippen LogP contribution in [0.5, 0.6) is 0 Å². The highest BCUT2D eigenvalue weighted by molar-refractivity contribution is 5.93. The van der Waals surface area contributed by atoms with Crippen LogP contribution in [0.25, 0.3) is 11.3 Å². The van der Waals surface area contributed by atoms with Crippen molar-refractivity contribution >= 4 is 18.3 Å². The average molecular weight is 379 g/mol. The molecule has 0 aromatic carbocycles. The van der Waals surface area contributed by atoms with E-state index in [1.807, 2.05) is 36.5 Å². The quantitative estimate of drug-likeness (QED) is 0.838. The summed E-state index contributed by atoms with van der Waals surface area (Å²) >= 11 is 0. The summed E-state index contributed by atoms with van der Waals surface area (Å²) in [6, 6.07) is 1.86. The number of amides is 1. The molecule has 142 valence electrons.